The van der Waals surface area contributed by atoms with E-state index < -0.39 is 0 Å². The van der Waals surface area contributed by atoms with E-state index in [9.17, 15) is 4.79 Å². The Balaban J connectivity index is 1.51. The Morgan fingerprint density at radius 3 is 3.08 bits per heavy atom. The summed E-state index contributed by atoms with van der Waals surface area (Å²) in [6.45, 7) is 0.773. The number of nitrogens with zero attached hydrogens (tertiary/aromatic N) is 2. The molecule has 25 heavy (non-hydrogen) atoms. The topological polar surface area (TPSA) is 70.2 Å². The van der Waals surface area contributed by atoms with Gasteiger partial charge in [0.15, 0.2) is 0 Å². The molecule has 0 bridgehead atoms. The molecular weight excluding hydrogens is 316 g/mol. The molecule has 1 fully saturated rings. The molecule has 132 valence electrons. The minimum absolute atomic E-state index is 0.00164. The summed E-state index contributed by atoms with van der Waals surface area (Å²) >= 11 is 0. The minimum Gasteiger partial charge on any atom is -0.496 e. The van der Waals surface area contributed by atoms with Crippen molar-refractivity contribution in [2.45, 2.75) is 44.2 Å². The van der Waals surface area contributed by atoms with Gasteiger partial charge in [-0.25, -0.2) is 9.78 Å². The lowest BCUT2D eigenvalue weighted by Gasteiger charge is -2.35. The summed E-state index contributed by atoms with van der Waals surface area (Å²) in [5.41, 5.74) is 2.40. The molecule has 1 aliphatic heterocycles. The van der Waals surface area contributed by atoms with Crippen LogP contribution in [0.4, 0.5) is 4.79 Å². The highest BCUT2D eigenvalue weighted by molar-refractivity contribution is 5.75. The Bertz CT molecular complexity index is 744. The highest BCUT2D eigenvalue weighted by atomic mass is 16.5. The predicted octanol–water partition coefficient (Wildman–Crippen LogP) is 3.34. The number of imidazole rings is 1. The number of carbonyl (C=O) groups is 1. The number of aromatic nitrogens is 2. The van der Waals surface area contributed by atoms with Gasteiger partial charge in [-0.1, -0.05) is 12.1 Å². The second-order valence-electron chi connectivity index (χ2n) is 6.75. The zero-order valence-electron chi connectivity index (χ0n) is 14.5. The van der Waals surface area contributed by atoms with Crippen LogP contribution in [0.15, 0.2) is 30.6 Å². The van der Waals surface area contributed by atoms with E-state index >= 15 is 0 Å². The molecule has 6 nitrogen and oxygen atoms in total. The second-order valence-corrected chi connectivity index (χ2v) is 6.75. The summed E-state index contributed by atoms with van der Waals surface area (Å²) < 4.78 is 5.46. The van der Waals surface area contributed by atoms with Crippen LogP contribution in [-0.4, -0.2) is 34.6 Å². The number of rotatable bonds is 3. The number of hydrogen-bond acceptors (Lipinski definition) is 3. The van der Waals surface area contributed by atoms with Crippen LogP contribution in [0.3, 0.4) is 0 Å². The van der Waals surface area contributed by atoms with Crippen molar-refractivity contribution in [2.24, 2.45) is 0 Å². The van der Waals surface area contributed by atoms with Crippen LogP contribution in [0, 0.1) is 0 Å². The molecule has 1 aliphatic carbocycles. The summed E-state index contributed by atoms with van der Waals surface area (Å²) in [6, 6.07) is 6.17. The lowest BCUT2D eigenvalue weighted by atomic mass is 10.0. The van der Waals surface area contributed by atoms with Gasteiger partial charge in [-0.15, -0.1) is 0 Å². The lowest BCUT2D eigenvalue weighted by Crippen LogP contribution is -2.45. The zero-order chi connectivity index (χ0) is 17.2. The maximum absolute atomic E-state index is 13.0. The molecule has 1 aromatic heterocycles. The van der Waals surface area contributed by atoms with Gasteiger partial charge in [0.25, 0.3) is 0 Å². The van der Waals surface area contributed by atoms with Gasteiger partial charge >= 0.3 is 6.03 Å². The van der Waals surface area contributed by atoms with Crippen molar-refractivity contribution in [3.63, 3.8) is 0 Å². The number of ether oxygens (including phenoxy) is 1. The number of amides is 2. The fourth-order valence-electron chi connectivity index (χ4n) is 4.11. The Morgan fingerprint density at radius 2 is 2.28 bits per heavy atom. The fraction of sp³-hybridized carbons (Fsp3) is 0.474. The molecule has 2 aliphatic rings. The predicted molar refractivity (Wildman–Crippen MR) is 94.5 cm³/mol. The number of fused-ring (bicyclic) bond motifs is 1. The van der Waals surface area contributed by atoms with Crippen molar-refractivity contribution in [2.75, 3.05) is 13.7 Å². The summed E-state index contributed by atoms with van der Waals surface area (Å²) in [4.78, 5) is 22.4. The number of hydrogen-bond donors (Lipinski definition) is 2. The SMILES string of the molecule is COc1cccc2c1CC[C@H]2NC(=O)N1CCCC[C@H]1c1ncc[nH]1. The van der Waals surface area contributed by atoms with Crippen LogP contribution in [0.2, 0.25) is 0 Å². The summed E-state index contributed by atoms with van der Waals surface area (Å²) in [5, 5.41) is 3.24. The molecule has 0 radical (unpaired) electrons. The van der Waals surface area contributed by atoms with E-state index in [-0.39, 0.29) is 18.1 Å². The quantitative estimate of drug-likeness (QED) is 0.900. The van der Waals surface area contributed by atoms with Gasteiger partial charge < -0.3 is 19.9 Å². The van der Waals surface area contributed by atoms with E-state index in [1.807, 2.05) is 23.2 Å². The molecule has 2 atom stereocenters. The number of urea groups is 1. The third-order valence-electron chi connectivity index (χ3n) is 5.34. The number of likely N-dealkylation sites (tertiary alicyclic amines) is 1. The molecule has 1 aromatic carbocycles. The number of aromatic amines is 1. The van der Waals surface area contributed by atoms with E-state index in [0.29, 0.717) is 0 Å². The summed E-state index contributed by atoms with van der Waals surface area (Å²) in [5.74, 6) is 1.80. The van der Waals surface area contributed by atoms with E-state index in [4.69, 9.17) is 4.74 Å². The van der Waals surface area contributed by atoms with Crippen LogP contribution in [-0.2, 0) is 6.42 Å². The van der Waals surface area contributed by atoms with Gasteiger partial charge in [-0.05, 0) is 49.3 Å². The van der Waals surface area contributed by atoms with Crippen LogP contribution >= 0.6 is 0 Å². The number of methoxy groups -OCH3 is 1. The fourth-order valence-corrected chi connectivity index (χ4v) is 4.11. The Labute approximate surface area is 147 Å². The van der Waals surface area contributed by atoms with Crippen LogP contribution in [0.5, 0.6) is 5.75 Å². The lowest BCUT2D eigenvalue weighted by molar-refractivity contribution is 0.145. The highest BCUT2D eigenvalue weighted by Crippen LogP contribution is 2.37. The van der Waals surface area contributed by atoms with Crippen molar-refractivity contribution in [3.05, 3.63) is 47.5 Å². The standard InChI is InChI=1S/C19H24N4O2/c1-25-17-7-4-5-13-14(17)8-9-15(13)22-19(24)23-12-3-2-6-16(23)18-20-10-11-21-18/h4-5,7,10-11,15-16H,2-3,6,8-9,12H2,1H3,(H,20,21)(H,22,24)/t15-,16+/m1/s1. The van der Waals surface area contributed by atoms with E-state index in [2.05, 4.69) is 21.4 Å². The first-order valence-corrected chi connectivity index (χ1v) is 9.00. The third kappa shape index (κ3) is 2.97. The molecule has 6 heteroatoms. The van der Waals surface area contributed by atoms with Gasteiger partial charge in [0.05, 0.1) is 19.2 Å². The number of benzene rings is 1. The first-order valence-electron chi connectivity index (χ1n) is 9.00. The van der Waals surface area contributed by atoms with E-state index in [1.165, 1.54) is 11.1 Å². The van der Waals surface area contributed by atoms with Crippen LogP contribution < -0.4 is 10.1 Å². The molecule has 2 amide bonds. The normalized spacial score (nSPS) is 22.5. The number of H-pyrrole nitrogens is 1. The maximum atomic E-state index is 13.0. The number of carbonyl (C=O) groups excluding carboxylic acids is 1. The van der Waals surface area contributed by atoms with Crippen molar-refractivity contribution in [1.82, 2.24) is 20.2 Å². The van der Waals surface area contributed by atoms with Crippen molar-refractivity contribution >= 4 is 6.03 Å². The molecular formula is C19H24N4O2. The maximum Gasteiger partial charge on any atom is 0.318 e. The zero-order valence-corrected chi connectivity index (χ0v) is 14.5. The molecule has 1 saturated heterocycles. The monoisotopic (exact) mass is 340 g/mol. The first-order chi connectivity index (χ1) is 12.3. The van der Waals surface area contributed by atoms with Crippen LogP contribution in [0.25, 0.3) is 0 Å². The molecule has 0 saturated carbocycles. The molecule has 4 rings (SSSR count). The van der Waals surface area contributed by atoms with Gasteiger partial charge in [-0.2, -0.15) is 0 Å². The second kappa shape index (κ2) is 6.78. The minimum atomic E-state index is 0.00164. The van der Waals surface area contributed by atoms with Gasteiger partial charge in [-0.3, -0.25) is 0 Å². The average Bonchev–Trinajstić information content (AvgIpc) is 3.32. The van der Waals surface area contributed by atoms with Crippen molar-refractivity contribution < 1.29 is 9.53 Å². The van der Waals surface area contributed by atoms with Crippen molar-refractivity contribution in [1.29, 1.82) is 0 Å². The average molecular weight is 340 g/mol. The summed E-state index contributed by atoms with van der Waals surface area (Å²) in [7, 11) is 1.70. The summed E-state index contributed by atoms with van der Waals surface area (Å²) in [6.07, 6.45) is 8.54. The van der Waals surface area contributed by atoms with Crippen molar-refractivity contribution in [3.8, 4) is 5.75 Å². The molecule has 0 spiro atoms. The van der Waals surface area contributed by atoms with Gasteiger partial charge in [0, 0.05) is 18.9 Å². The van der Waals surface area contributed by atoms with Gasteiger partial charge in [0.1, 0.15) is 11.6 Å². The van der Waals surface area contributed by atoms with E-state index in [1.54, 1.807) is 13.3 Å². The van der Waals surface area contributed by atoms with Gasteiger partial charge in [0.2, 0.25) is 0 Å². The largest absolute Gasteiger partial charge is 0.496 e. The molecule has 0 unspecified atom stereocenters. The molecule has 2 N–H and O–H groups in total. The number of piperidine rings is 1. The molecule has 2 aromatic rings. The van der Waals surface area contributed by atoms with E-state index in [0.717, 1.165) is 50.2 Å². The first kappa shape index (κ1) is 16.0. The molecule has 2 heterocycles. The Morgan fingerprint density at radius 1 is 1.36 bits per heavy atom. The Hall–Kier alpha value is -2.50. The third-order valence-corrected chi connectivity index (χ3v) is 5.34. The highest BCUT2D eigenvalue weighted by Gasteiger charge is 2.33. The van der Waals surface area contributed by atoms with Crippen LogP contribution in [0.1, 0.15) is 54.7 Å². The smallest absolute Gasteiger partial charge is 0.318 e. The Kier molecular flexibility index (Phi) is 4.34. The number of nitrogens with one attached hydrogen (secondary N) is 2.